The van der Waals surface area contributed by atoms with Crippen LogP contribution in [-0.2, 0) is 11.2 Å². The highest BCUT2D eigenvalue weighted by Crippen LogP contribution is 2.23. The SMILES string of the molecule is CCC(Cc1ccc(-c2ccccc2)cc1)(NC)C(C)=O. The van der Waals surface area contributed by atoms with Gasteiger partial charge >= 0.3 is 0 Å². The van der Waals surface area contributed by atoms with Crippen LogP contribution in [0.25, 0.3) is 11.1 Å². The minimum atomic E-state index is -0.450. The fourth-order valence-electron chi connectivity index (χ4n) is 2.73. The zero-order valence-electron chi connectivity index (χ0n) is 13.0. The van der Waals surface area contributed by atoms with Crippen LogP contribution < -0.4 is 5.32 Å². The first kappa shape index (κ1) is 15.5. The molecule has 0 bridgehead atoms. The molecule has 0 aliphatic heterocycles. The molecule has 0 radical (unpaired) electrons. The summed E-state index contributed by atoms with van der Waals surface area (Å²) in [4.78, 5) is 12.0. The minimum Gasteiger partial charge on any atom is -0.308 e. The number of likely N-dealkylation sites (N-methyl/N-ethyl adjacent to an activating group) is 1. The Kier molecular flexibility index (Phi) is 4.92. The zero-order chi connectivity index (χ0) is 15.3. The second-order valence-corrected chi connectivity index (χ2v) is 5.48. The number of hydrogen-bond donors (Lipinski definition) is 1. The topological polar surface area (TPSA) is 29.1 Å². The molecule has 2 nitrogen and oxygen atoms in total. The van der Waals surface area contributed by atoms with Crippen molar-refractivity contribution >= 4 is 5.78 Å². The molecule has 0 amide bonds. The van der Waals surface area contributed by atoms with E-state index in [9.17, 15) is 4.79 Å². The highest BCUT2D eigenvalue weighted by atomic mass is 16.1. The van der Waals surface area contributed by atoms with Crippen LogP contribution in [0.5, 0.6) is 0 Å². The van der Waals surface area contributed by atoms with Crippen molar-refractivity contribution in [1.29, 1.82) is 0 Å². The number of Topliss-reactive ketones (excluding diaryl/α,β-unsaturated/α-hetero) is 1. The van der Waals surface area contributed by atoms with Crippen LogP contribution in [0, 0.1) is 0 Å². The average molecular weight is 281 g/mol. The fourth-order valence-corrected chi connectivity index (χ4v) is 2.73. The summed E-state index contributed by atoms with van der Waals surface area (Å²) < 4.78 is 0. The molecule has 0 aromatic heterocycles. The van der Waals surface area contributed by atoms with E-state index in [0.29, 0.717) is 0 Å². The van der Waals surface area contributed by atoms with Gasteiger partial charge < -0.3 is 5.32 Å². The van der Waals surface area contributed by atoms with Gasteiger partial charge in [-0.1, -0.05) is 61.5 Å². The van der Waals surface area contributed by atoms with Gasteiger partial charge in [-0.25, -0.2) is 0 Å². The Morgan fingerprint density at radius 1 is 1.00 bits per heavy atom. The molecule has 1 unspecified atom stereocenters. The van der Waals surface area contributed by atoms with E-state index in [4.69, 9.17) is 0 Å². The molecule has 0 saturated heterocycles. The van der Waals surface area contributed by atoms with E-state index >= 15 is 0 Å². The lowest BCUT2D eigenvalue weighted by atomic mass is 9.84. The van der Waals surface area contributed by atoms with Gasteiger partial charge in [-0.15, -0.1) is 0 Å². The van der Waals surface area contributed by atoms with Crippen molar-refractivity contribution in [2.45, 2.75) is 32.2 Å². The average Bonchev–Trinajstić information content (AvgIpc) is 2.54. The van der Waals surface area contributed by atoms with Crippen molar-refractivity contribution in [3.05, 3.63) is 60.2 Å². The predicted molar refractivity (Wildman–Crippen MR) is 88.3 cm³/mol. The van der Waals surface area contributed by atoms with Crippen LogP contribution in [0.2, 0.25) is 0 Å². The maximum atomic E-state index is 12.0. The fraction of sp³-hybridized carbons (Fsp3) is 0.316. The van der Waals surface area contributed by atoms with Crippen LogP contribution in [0.15, 0.2) is 54.6 Å². The molecule has 0 aliphatic rings. The van der Waals surface area contributed by atoms with E-state index in [0.717, 1.165) is 12.8 Å². The number of rotatable bonds is 6. The summed E-state index contributed by atoms with van der Waals surface area (Å²) in [6, 6.07) is 18.8. The van der Waals surface area contributed by atoms with Gasteiger partial charge in [0, 0.05) is 0 Å². The lowest BCUT2D eigenvalue weighted by Gasteiger charge is -2.30. The summed E-state index contributed by atoms with van der Waals surface area (Å²) in [5.41, 5.74) is 3.15. The molecule has 0 heterocycles. The molecule has 0 fully saturated rings. The van der Waals surface area contributed by atoms with Gasteiger partial charge in [-0.2, -0.15) is 0 Å². The summed E-state index contributed by atoms with van der Waals surface area (Å²) in [6.45, 7) is 3.72. The predicted octanol–water partition coefficient (Wildman–Crippen LogP) is 3.85. The summed E-state index contributed by atoms with van der Waals surface area (Å²) >= 11 is 0. The highest BCUT2D eigenvalue weighted by Gasteiger charge is 2.31. The molecule has 1 atom stereocenters. The molecule has 2 heteroatoms. The van der Waals surface area contributed by atoms with E-state index in [1.54, 1.807) is 6.92 Å². The summed E-state index contributed by atoms with van der Waals surface area (Å²) in [7, 11) is 1.86. The summed E-state index contributed by atoms with van der Waals surface area (Å²) in [5.74, 6) is 0.194. The second kappa shape index (κ2) is 6.68. The van der Waals surface area contributed by atoms with Gasteiger partial charge in [-0.05, 0) is 43.5 Å². The van der Waals surface area contributed by atoms with Crippen LogP contribution in [0.3, 0.4) is 0 Å². The van der Waals surface area contributed by atoms with Crippen LogP contribution in [-0.4, -0.2) is 18.4 Å². The quantitative estimate of drug-likeness (QED) is 0.871. The van der Waals surface area contributed by atoms with Gasteiger partial charge in [0.2, 0.25) is 0 Å². The van der Waals surface area contributed by atoms with Crippen molar-refractivity contribution in [2.75, 3.05) is 7.05 Å². The van der Waals surface area contributed by atoms with Gasteiger partial charge in [-0.3, -0.25) is 4.79 Å². The first-order valence-corrected chi connectivity index (χ1v) is 7.45. The van der Waals surface area contributed by atoms with E-state index < -0.39 is 5.54 Å². The van der Waals surface area contributed by atoms with E-state index in [2.05, 4.69) is 48.6 Å². The molecule has 21 heavy (non-hydrogen) atoms. The zero-order valence-corrected chi connectivity index (χ0v) is 13.0. The van der Waals surface area contributed by atoms with Crippen molar-refractivity contribution < 1.29 is 4.79 Å². The van der Waals surface area contributed by atoms with Crippen LogP contribution in [0.4, 0.5) is 0 Å². The van der Waals surface area contributed by atoms with Crippen LogP contribution in [0.1, 0.15) is 25.8 Å². The van der Waals surface area contributed by atoms with Gasteiger partial charge in [0.1, 0.15) is 5.78 Å². The Labute approximate surface area is 127 Å². The third-order valence-corrected chi connectivity index (χ3v) is 4.32. The largest absolute Gasteiger partial charge is 0.308 e. The molecular weight excluding hydrogens is 258 g/mol. The third-order valence-electron chi connectivity index (χ3n) is 4.32. The van der Waals surface area contributed by atoms with Crippen molar-refractivity contribution in [3.8, 4) is 11.1 Å². The van der Waals surface area contributed by atoms with Crippen molar-refractivity contribution in [3.63, 3.8) is 0 Å². The molecule has 1 N–H and O–H groups in total. The monoisotopic (exact) mass is 281 g/mol. The number of ketones is 1. The summed E-state index contributed by atoms with van der Waals surface area (Å²) in [6.07, 6.45) is 1.52. The van der Waals surface area contributed by atoms with Gasteiger partial charge in [0.05, 0.1) is 5.54 Å². The Morgan fingerprint density at radius 3 is 2.05 bits per heavy atom. The molecule has 0 saturated carbocycles. The molecule has 0 spiro atoms. The molecule has 2 aromatic rings. The maximum Gasteiger partial charge on any atom is 0.150 e. The normalized spacial score (nSPS) is 13.7. The maximum absolute atomic E-state index is 12.0. The Morgan fingerprint density at radius 2 is 1.57 bits per heavy atom. The molecule has 2 rings (SSSR count). The Bertz CT molecular complexity index is 583. The third kappa shape index (κ3) is 3.40. The van der Waals surface area contributed by atoms with E-state index in [1.165, 1.54) is 16.7 Å². The number of benzene rings is 2. The first-order chi connectivity index (χ1) is 10.1. The van der Waals surface area contributed by atoms with Gasteiger partial charge in [0.15, 0.2) is 0 Å². The van der Waals surface area contributed by atoms with Crippen LogP contribution >= 0.6 is 0 Å². The molecular formula is C19H23NO. The number of carbonyl (C=O) groups is 1. The first-order valence-electron chi connectivity index (χ1n) is 7.45. The van der Waals surface area contributed by atoms with Crippen molar-refractivity contribution in [1.82, 2.24) is 5.32 Å². The molecule has 2 aromatic carbocycles. The molecule has 0 aliphatic carbocycles. The summed E-state index contributed by atoms with van der Waals surface area (Å²) in [5, 5.41) is 3.21. The highest BCUT2D eigenvalue weighted by molar-refractivity contribution is 5.86. The number of carbonyl (C=O) groups excluding carboxylic acids is 1. The lowest BCUT2D eigenvalue weighted by Crippen LogP contribution is -2.50. The standard InChI is InChI=1S/C19H23NO/c1-4-19(20-3,15(2)21)14-16-10-12-18(13-11-16)17-8-6-5-7-9-17/h5-13,20H,4,14H2,1-3H3. The Hall–Kier alpha value is -1.93. The number of hydrogen-bond acceptors (Lipinski definition) is 2. The molecule has 110 valence electrons. The Balaban J connectivity index is 2.21. The smallest absolute Gasteiger partial charge is 0.150 e. The minimum absolute atomic E-state index is 0.194. The second-order valence-electron chi connectivity index (χ2n) is 5.48. The lowest BCUT2D eigenvalue weighted by molar-refractivity contribution is -0.123. The number of nitrogens with one attached hydrogen (secondary N) is 1. The van der Waals surface area contributed by atoms with E-state index in [1.807, 2.05) is 25.2 Å². The van der Waals surface area contributed by atoms with Crippen molar-refractivity contribution in [2.24, 2.45) is 0 Å². The van der Waals surface area contributed by atoms with E-state index in [-0.39, 0.29) is 5.78 Å². The van der Waals surface area contributed by atoms with Gasteiger partial charge in [0.25, 0.3) is 0 Å².